The van der Waals surface area contributed by atoms with Crippen LogP contribution in [0.15, 0.2) is 23.1 Å². The van der Waals surface area contributed by atoms with Gasteiger partial charge in [0.05, 0.1) is 15.9 Å². The van der Waals surface area contributed by atoms with E-state index in [1.807, 2.05) is 13.0 Å². The summed E-state index contributed by atoms with van der Waals surface area (Å²) in [4.78, 5) is 17.6. The van der Waals surface area contributed by atoms with Gasteiger partial charge in [0.2, 0.25) is 15.9 Å². The molecule has 0 aliphatic heterocycles. The van der Waals surface area contributed by atoms with Crippen molar-refractivity contribution in [2.45, 2.75) is 76.2 Å². The molecule has 0 spiro atoms. The van der Waals surface area contributed by atoms with Crippen molar-refractivity contribution >= 4 is 27.0 Å². The Hall–Kier alpha value is -1.93. The average molecular weight is 487 g/mol. The molecule has 1 aromatic heterocycles. The van der Waals surface area contributed by atoms with Gasteiger partial charge in [-0.15, -0.1) is 0 Å². The van der Waals surface area contributed by atoms with E-state index in [9.17, 15) is 13.2 Å². The monoisotopic (exact) mass is 486 g/mol. The van der Waals surface area contributed by atoms with Gasteiger partial charge in [0.1, 0.15) is 5.82 Å². The van der Waals surface area contributed by atoms with Crippen molar-refractivity contribution in [2.24, 2.45) is 23.2 Å². The maximum absolute atomic E-state index is 12.6. The lowest BCUT2D eigenvalue weighted by atomic mass is 9.49. The number of imidazole rings is 1. The highest BCUT2D eigenvalue weighted by Crippen LogP contribution is 2.61. The maximum Gasteiger partial charge on any atom is 0.242 e. The predicted molar refractivity (Wildman–Crippen MR) is 133 cm³/mol. The molecule has 0 radical (unpaired) electrons. The van der Waals surface area contributed by atoms with Gasteiger partial charge in [0, 0.05) is 40.0 Å². The van der Waals surface area contributed by atoms with Crippen molar-refractivity contribution in [3.8, 4) is 0 Å². The third kappa shape index (κ3) is 4.39. The van der Waals surface area contributed by atoms with Crippen LogP contribution < -0.4 is 5.32 Å². The summed E-state index contributed by atoms with van der Waals surface area (Å²) in [6.07, 6.45) is 10.5. The van der Waals surface area contributed by atoms with Gasteiger partial charge < -0.3 is 9.88 Å². The number of aryl methyl sites for hydroxylation is 2. The number of hydrogen-bond acceptors (Lipinski definition) is 4. The van der Waals surface area contributed by atoms with Crippen molar-refractivity contribution in [1.29, 1.82) is 0 Å². The van der Waals surface area contributed by atoms with Gasteiger partial charge in [-0.05, 0) is 93.2 Å². The van der Waals surface area contributed by atoms with Gasteiger partial charge >= 0.3 is 0 Å². The molecule has 1 aromatic carbocycles. The van der Waals surface area contributed by atoms with E-state index in [0.29, 0.717) is 23.8 Å². The van der Waals surface area contributed by atoms with E-state index < -0.39 is 10.0 Å². The van der Waals surface area contributed by atoms with E-state index in [2.05, 4.69) is 9.88 Å². The summed E-state index contributed by atoms with van der Waals surface area (Å²) in [5, 5.41) is 3.18. The Kier molecular flexibility index (Phi) is 6.25. The lowest BCUT2D eigenvalue weighted by Gasteiger charge is -2.57. The fourth-order valence-electron chi connectivity index (χ4n) is 7.45. The van der Waals surface area contributed by atoms with E-state index in [0.717, 1.165) is 48.6 Å². The highest BCUT2D eigenvalue weighted by atomic mass is 32.2. The molecule has 1 amide bonds. The minimum atomic E-state index is -3.51. The fraction of sp³-hybridized carbons (Fsp3) is 0.692. The first-order chi connectivity index (χ1) is 16.2. The van der Waals surface area contributed by atoms with Crippen molar-refractivity contribution in [3.05, 3.63) is 24.0 Å². The minimum absolute atomic E-state index is 0.0790. The van der Waals surface area contributed by atoms with Crippen LogP contribution in [0.5, 0.6) is 0 Å². The Labute approximate surface area is 203 Å². The number of hydrogen-bond donors (Lipinski definition) is 1. The smallest absolute Gasteiger partial charge is 0.242 e. The Balaban J connectivity index is 1.19. The van der Waals surface area contributed by atoms with E-state index in [4.69, 9.17) is 4.98 Å². The van der Waals surface area contributed by atoms with Gasteiger partial charge in [-0.1, -0.05) is 0 Å². The van der Waals surface area contributed by atoms with Gasteiger partial charge in [-0.2, -0.15) is 0 Å². The summed E-state index contributed by atoms with van der Waals surface area (Å²) < 4.78 is 28.3. The molecule has 4 bridgehead atoms. The second-order valence-electron chi connectivity index (χ2n) is 11.2. The number of nitrogens with zero attached hydrogens (tertiary/aromatic N) is 3. The van der Waals surface area contributed by atoms with E-state index in [1.54, 1.807) is 12.1 Å². The van der Waals surface area contributed by atoms with Crippen LogP contribution in [-0.2, 0) is 27.8 Å². The van der Waals surface area contributed by atoms with Crippen LogP contribution in [0.1, 0.15) is 64.1 Å². The van der Waals surface area contributed by atoms with Crippen molar-refractivity contribution in [2.75, 3.05) is 20.6 Å². The summed E-state index contributed by atoms with van der Waals surface area (Å²) in [7, 11) is -0.461. The number of rotatable bonds is 9. The quantitative estimate of drug-likeness (QED) is 0.581. The van der Waals surface area contributed by atoms with E-state index in [1.165, 1.54) is 56.9 Å². The van der Waals surface area contributed by atoms with Gasteiger partial charge in [-0.25, -0.2) is 17.7 Å². The van der Waals surface area contributed by atoms with Crippen molar-refractivity contribution in [1.82, 2.24) is 19.2 Å². The summed E-state index contributed by atoms with van der Waals surface area (Å²) in [6.45, 7) is 3.54. The molecule has 4 aliphatic rings. The molecule has 4 saturated carbocycles. The summed E-state index contributed by atoms with van der Waals surface area (Å²) >= 11 is 0. The summed E-state index contributed by atoms with van der Waals surface area (Å²) in [5.74, 6) is 3.73. The van der Waals surface area contributed by atoms with E-state index in [-0.39, 0.29) is 10.8 Å². The molecule has 4 aliphatic carbocycles. The number of amides is 1. The average Bonchev–Trinajstić information content (AvgIpc) is 3.13. The van der Waals surface area contributed by atoms with Crippen LogP contribution in [0.3, 0.4) is 0 Å². The van der Waals surface area contributed by atoms with Crippen LogP contribution in [0.2, 0.25) is 0 Å². The zero-order valence-electron chi connectivity index (χ0n) is 20.7. The molecule has 1 heterocycles. The molecular formula is C26H38N4O3S. The highest BCUT2D eigenvalue weighted by molar-refractivity contribution is 7.89. The maximum atomic E-state index is 12.6. The number of nitrogens with one attached hydrogen (secondary N) is 1. The van der Waals surface area contributed by atoms with Gasteiger partial charge in [0.25, 0.3) is 0 Å². The molecule has 34 heavy (non-hydrogen) atoms. The molecule has 2 aromatic rings. The zero-order chi connectivity index (χ0) is 24.1. The molecule has 186 valence electrons. The lowest BCUT2D eigenvalue weighted by Crippen LogP contribution is -2.47. The van der Waals surface area contributed by atoms with Crippen LogP contribution in [0, 0.1) is 23.2 Å². The van der Waals surface area contributed by atoms with Crippen LogP contribution in [0.4, 0.5) is 0 Å². The normalized spacial score (nSPS) is 28.2. The molecule has 6 rings (SSSR count). The second kappa shape index (κ2) is 8.94. The number of carbonyl (C=O) groups is 1. The summed E-state index contributed by atoms with van der Waals surface area (Å²) in [6, 6.07) is 5.08. The molecule has 4 fully saturated rings. The van der Waals surface area contributed by atoms with Crippen molar-refractivity contribution < 1.29 is 13.2 Å². The third-order valence-corrected chi connectivity index (χ3v) is 10.4. The number of fused-ring (bicyclic) bond motifs is 1. The largest absolute Gasteiger partial charge is 0.356 e. The first kappa shape index (κ1) is 23.8. The molecular weight excluding hydrogens is 448 g/mol. The fourth-order valence-corrected chi connectivity index (χ4v) is 8.37. The number of aromatic nitrogens is 2. The van der Waals surface area contributed by atoms with Gasteiger partial charge in [0.15, 0.2) is 0 Å². The van der Waals surface area contributed by atoms with Crippen LogP contribution in [0.25, 0.3) is 11.0 Å². The second-order valence-corrected chi connectivity index (χ2v) is 13.4. The molecule has 0 unspecified atom stereocenters. The first-order valence-corrected chi connectivity index (χ1v) is 14.3. The Morgan fingerprint density at radius 2 is 1.79 bits per heavy atom. The zero-order valence-corrected chi connectivity index (χ0v) is 21.5. The van der Waals surface area contributed by atoms with Gasteiger partial charge in [-0.3, -0.25) is 4.79 Å². The summed E-state index contributed by atoms with van der Waals surface area (Å²) in [5.41, 5.74) is 2.04. The Morgan fingerprint density at radius 1 is 1.15 bits per heavy atom. The van der Waals surface area contributed by atoms with Crippen molar-refractivity contribution in [3.63, 3.8) is 0 Å². The number of benzene rings is 1. The number of sulfonamides is 1. The number of carbonyl (C=O) groups excluding carboxylic acids is 1. The van der Waals surface area contributed by atoms with E-state index >= 15 is 0 Å². The van der Waals surface area contributed by atoms with Crippen LogP contribution in [-0.4, -0.2) is 48.8 Å². The first-order valence-electron chi connectivity index (χ1n) is 12.9. The standard InChI is InChI=1S/C26H38N4O3S/c1-4-30-23-6-5-21(34(32,33)29(2)3)14-22(23)28-24(30)7-8-25(31)27-10-9-26-15-18-11-19(16-26)13-20(12-18)17-26/h5-6,14,18-20H,4,7-13,15-17H2,1-3H3,(H,27,31). The highest BCUT2D eigenvalue weighted by Gasteiger charge is 2.50. The molecule has 8 heteroatoms. The third-order valence-electron chi connectivity index (χ3n) is 8.61. The predicted octanol–water partition coefficient (Wildman–Crippen LogP) is 3.96. The molecule has 0 atom stereocenters. The minimum Gasteiger partial charge on any atom is -0.356 e. The molecule has 7 nitrogen and oxygen atoms in total. The Morgan fingerprint density at radius 3 is 2.38 bits per heavy atom. The SMILES string of the molecule is CCn1c(CCC(=O)NCCC23CC4CC(CC(C4)C2)C3)nc2cc(S(=O)(=O)N(C)C)ccc21. The Bertz CT molecular complexity index is 1150. The molecule has 1 N–H and O–H groups in total. The lowest BCUT2D eigenvalue weighted by molar-refractivity contribution is -0.121. The molecule has 0 saturated heterocycles. The van der Waals surface area contributed by atoms with Crippen LogP contribution >= 0.6 is 0 Å². The topological polar surface area (TPSA) is 84.3 Å².